The fourth-order valence-corrected chi connectivity index (χ4v) is 2.95. The van der Waals surface area contributed by atoms with Gasteiger partial charge in [-0.25, -0.2) is 9.97 Å². The van der Waals surface area contributed by atoms with Crippen LogP contribution >= 0.6 is 11.6 Å². The molecule has 106 valence electrons. The van der Waals surface area contributed by atoms with Crippen LogP contribution in [0.15, 0.2) is 6.20 Å². The van der Waals surface area contributed by atoms with Crippen LogP contribution in [0.2, 0.25) is 0 Å². The second-order valence-electron chi connectivity index (χ2n) is 6.30. The van der Waals surface area contributed by atoms with Crippen LogP contribution in [0, 0.1) is 12.3 Å². The van der Waals surface area contributed by atoms with Gasteiger partial charge in [-0.3, -0.25) is 0 Å². The molecule has 0 radical (unpaired) electrons. The van der Waals surface area contributed by atoms with E-state index in [1.54, 1.807) is 7.11 Å². The Morgan fingerprint density at radius 1 is 1.26 bits per heavy atom. The highest BCUT2D eigenvalue weighted by Gasteiger charge is 2.42. The molecule has 2 rings (SSSR count). The van der Waals surface area contributed by atoms with Crippen molar-refractivity contribution < 1.29 is 4.74 Å². The topological polar surface area (TPSA) is 35.0 Å². The molecule has 4 heteroatoms. The van der Waals surface area contributed by atoms with Crippen molar-refractivity contribution in [1.29, 1.82) is 0 Å². The lowest BCUT2D eigenvalue weighted by Gasteiger charge is -2.41. The molecular formula is C15H23ClN2O. The average molecular weight is 283 g/mol. The van der Waals surface area contributed by atoms with E-state index in [0.29, 0.717) is 11.3 Å². The molecule has 1 saturated carbocycles. The van der Waals surface area contributed by atoms with Crippen molar-refractivity contribution in [3.63, 3.8) is 0 Å². The summed E-state index contributed by atoms with van der Waals surface area (Å²) >= 11 is 5.87. The molecule has 0 bridgehead atoms. The first-order valence-corrected chi connectivity index (χ1v) is 7.40. The molecule has 0 aromatic carbocycles. The molecule has 3 nitrogen and oxygen atoms in total. The zero-order valence-electron chi connectivity index (χ0n) is 12.3. The van der Waals surface area contributed by atoms with Crippen molar-refractivity contribution in [2.75, 3.05) is 7.11 Å². The molecule has 1 aromatic heterocycles. The van der Waals surface area contributed by atoms with Crippen LogP contribution in [-0.2, 0) is 16.2 Å². The summed E-state index contributed by atoms with van der Waals surface area (Å²) in [6, 6.07) is 0. The molecule has 1 aromatic rings. The molecule has 1 aliphatic rings. The van der Waals surface area contributed by atoms with Crippen LogP contribution in [0.4, 0.5) is 0 Å². The molecule has 1 aliphatic carbocycles. The van der Waals surface area contributed by atoms with Crippen LogP contribution in [0.5, 0.6) is 0 Å². The van der Waals surface area contributed by atoms with Gasteiger partial charge in [-0.15, -0.1) is 11.6 Å². The Bertz CT molecular complexity index is 449. The molecule has 0 saturated heterocycles. The smallest absolute Gasteiger partial charge is 0.160 e. The maximum Gasteiger partial charge on any atom is 0.160 e. The summed E-state index contributed by atoms with van der Waals surface area (Å²) in [5, 5.41) is 0. The average Bonchev–Trinajstić information content (AvgIpc) is 2.39. The summed E-state index contributed by atoms with van der Waals surface area (Å²) in [7, 11) is 1.77. The Kier molecular flexibility index (Phi) is 4.17. The number of alkyl halides is 1. The van der Waals surface area contributed by atoms with E-state index in [2.05, 4.69) is 23.8 Å². The zero-order valence-corrected chi connectivity index (χ0v) is 13.0. The van der Waals surface area contributed by atoms with Gasteiger partial charge in [0.05, 0.1) is 5.88 Å². The number of aromatic nitrogens is 2. The zero-order chi connectivity index (χ0) is 14.1. The quantitative estimate of drug-likeness (QED) is 0.787. The minimum absolute atomic E-state index is 0.314. The van der Waals surface area contributed by atoms with Gasteiger partial charge in [0.1, 0.15) is 5.60 Å². The molecule has 0 aliphatic heterocycles. The van der Waals surface area contributed by atoms with E-state index in [1.807, 2.05) is 13.1 Å². The highest BCUT2D eigenvalue weighted by atomic mass is 35.5. The largest absolute Gasteiger partial charge is 0.370 e. The van der Waals surface area contributed by atoms with Gasteiger partial charge in [-0.2, -0.15) is 0 Å². The summed E-state index contributed by atoms with van der Waals surface area (Å²) in [6.07, 6.45) is 6.08. The van der Waals surface area contributed by atoms with Gasteiger partial charge in [-0.1, -0.05) is 13.8 Å². The van der Waals surface area contributed by atoms with E-state index >= 15 is 0 Å². The fourth-order valence-electron chi connectivity index (χ4n) is 2.69. The SMILES string of the molecule is COC1(c2ncc(CCl)c(C)n2)CCC(C)(C)CC1. The summed E-state index contributed by atoms with van der Waals surface area (Å²) in [5.74, 6) is 1.27. The van der Waals surface area contributed by atoms with Gasteiger partial charge in [-0.05, 0) is 38.0 Å². The first-order chi connectivity index (χ1) is 8.92. The predicted octanol–water partition coefficient (Wildman–Crippen LogP) is 3.97. The normalized spacial score (nSPS) is 21.3. The molecule has 19 heavy (non-hydrogen) atoms. The van der Waals surface area contributed by atoms with Crippen molar-refractivity contribution in [3.05, 3.63) is 23.3 Å². The van der Waals surface area contributed by atoms with Crippen molar-refractivity contribution in [2.24, 2.45) is 5.41 Å². The minimum Gasteiger partial charge on any atom is -0.370 e. The number of hydrogen-bond donors (Lipinski definition) is 0. The number of hydrogen-bond acceptors (Lipinski definition) is 3. The maximum atomic E-state index is 5.87. The summed E-state index contributed by atoms with van der Waals surface area (Å²) in [5.41, 5.74) is 2.03. The Hall–Kier alpha value is -0.670. The van der Waals surface area contributed by atoms with E-state index in [4.69, 9.17) is 16.3 Å². The first-order valence-electron chi connectivity index (χ1n) is 6.87. The number of ether oxygens (including phenoxy) is 1. The minimum atomic E-state index is -0.314. The van der Waals surface area contributed by atoms with E-state index in [1.165, 1.54) is 0 Å². The fraction of sp³-hybridized carbons (Fsp3) is 0.733. The van der Waals surface area contributed by atoms with Crippen LogP contribution in [0.3, 0.4) is 0 Å². The monoisotopic (exact) mass is 282 g/mol. The van der Waals surface area contributed by atoms with Crippen LogP contribution in [0.1, 0.15) is 56.6 Å². The molecular weight excluding hydrogens is 260 g/mol. The van der Waals surface area contributed by atoms with Crippen molar-refractivity contribution in [1.82, 2.24) is 9.97 Å². The van der Waals surface area contributed by atoms with E-state index in [9.17, 15) is 0 Å². The third-order valence-corrected chi connectivity index (χ3v) is 4.72. The molecule has 0 unspecified atom stereocenters. The molecule has 0 atom stereocenters. The molecule has 0 N–H and O–H groups in total. The van der Waals surface area contributed by atoms with Gasteiger partial charge in [0.25, 0.3) is 0 Å². The molecule has 1 heterocycles. The Labute approximate surface area is 120 Å². The van der Waals surface area contributed by atoms with Crippen molar-refractivity contribution in [2.45, 2.75) is 57.9 Å². The predicted molar refractivity (Wildman–Crippen MR) is 77.3 cm³/mol. The number of aryl methyl sites for hydroxylation is 1. The van der Waals surface area contributed by atoms with Crippen LogP contribution in [0.25, 0.3) is 0 Å². The summed E-state index contributed by atoms with van der Waals surface area (Å²) in [4.78, 5) is 9.14. The standard InChI is InChI=1S/C15H23ClN2O/c1-11-12(9-16)10-17-13(18-11)15(19-4)7-5-14(2,3)6-8-15/h10H,5-9H2,1-4H3. The number of rotatable bonds is 3. The third-order valence-electron chi connectivity index (χ3n) is 4.43. The summed E-state index contributed by atoms with van der Waals surface area (Å²) < 4.78 is 5.83. The Balaban J connectivity index is 2.30. The van der Waals surface area contributed by atoms with E-state index < -0.39 is 0 Å². The first kappa shape index (κ1) is 14.7. The van der Waals surface area contributed by atoms with Gasteiger partial charge >= 0.3 is 0 Å². The van der Waals surface area contributed by atoms with Gasteiger partial charge in [0, 0.05) is 24.6 Å². The second kappa shape index (κ2) is 5.37. The third kappa shape index (κ3) is 2.92. The highest BCUT2D eigenvalue weighted by molar-refractivity contribution is 6.17. The molecule has 1 fully saturated rings. The lowest BCUT2D eigenvalue weighted by atomic mass is 9.70. The number of nitrogens with zero attached hydrogens (tertiary/aromatic N) is 2. The Morgan fingerprint density at radius 3 is 2.37 bits per heavy atom. The number of halogens is 1. The van der Waals surface area contributed by atoms with Gasteiger partial charge in [0.2, 0.25) is 0 Å². The summed E-state index contributed by atoms with van der Waals surface area (Å²) in [6.45, 7) is 6.61. The molecule has 0 amide bonds. The van der Waals surface area contributed by atoms with Crippen LogP contribution < -0.4 is 0 Å². The highest BCUT2D eigenvalue weighted by Crippen LogP contribution is 2.46. The lowest BCUT2D eigenvalue weighted by Crippen LogP contribution is -2.38. The van der Waals surface area contributed by atoms with Crippen LogP contribution in [-0.4, -0.2) is 17.1 Å². The Morgan fingerprint density at radius 2 is 1.89 bits per heavy atom. The van der Waals surface area contributed by atoms with Crippen molar-refractivity contribution in [3.8, 4) is 0 Å². The number of methoxy groups -OCH3 is 1. The van der Waals surface area contributed by atoms with Crippen molar-refractivity contribution >= 4 is 11.6 Å². The van der Waals surface area contributed by atoms with E-state index in [0.717, 1.165) is 42.8 Å². The lowest BCUT2D eigenvalue weighted by molar-refractivity contribution is -0.0730. The molecule has 0 spiro atoms. The van der Waals surface area contributed by atoms with Gasteiger partial charge < -0.3 is 4.74 Å². The van der Waals surface area contributed by atoms with E-state index in [-0.39, 0.29) is 5.60 Å². The van der Waals surface area contributed by atoms with Gasteiger partial charge in [0.15, 0.2) is 5.82 Å². The second-order valence-corrected chi connectivity index (χ2v) is 6.57. The maximum absolute atomic E-state index is 5.87.